The van der Waals surface area contributed by atoms with Gasteiger partial charge in [-0.15, -0.1) is 0 Å². The van der Waals surface area contributed by atoms with Crippen LogP contribution in [0.2, 0.25) is 0 Å². The first-order chi connectivity index (χ1) is 14.6. The monoisotopic (exact) mass is 407 g/mol. The molecule has 2 aliphatic heterocycles. The molecule has 2 saturated heterocycles. The van der Waals surface area contributed by atoms with Crippen LogP contribution in [-0.2, 0) is 11.3 Å². The van der Waals surface area contributed by atoms with E-state index in [2.05, 4.69) is 34.1 Å². The third kappa shape index (κ3) is 3.76. The topological polar surface area (TPSA) is 57.0 Å². The molecule has 1 spiro atoms. The summed E-state index contributed by atoms with van der Waals surface area (Å²) in [5, 5.41) is 0. The van der Waals surface area contributed by atoms with Gasteiger partial charge < -0.3 is 14.2 Å². The Bertz CT molecular complexity index is 880. The minimum absolute atomic E-state index is 0.0386. The van der Waals surface area contributed by atoms with Gasteiger partial charge in [0, 0.05) is 51.7 Å². The molecule has 0 N–H and O–H groups in total. The van der Waals surface area contributed by atoms with Crippen LogP contribution in [0, 0.1) is 11.3 Å². The molecular weight excluding hydrogens is 378 g/mol. The maximum atomic E-state index is 13.1. The fraction of sp³-hybridized carbons (Fsp3) is 0.500. The first-order valence-electron chi connectivity index (χ1n) is 11.0. The number of carbonyl (C=O) groups excluding carboxylic acids is 2. The van der Waals surface area contributed by atoms with Crippen molar-refractivity contribution in [3.63, 3.8) is 0 Å². The lowest BCUT2D eigenvalue weighted by Crippen LogP contribution is -2.49. The summed E-state index contributed by atoms with van der Waals surface area (Å²) >= 11 is 0. The largest absolute Gasteiger partial charge is 0.472 e. The van der Waals surface area contributed by atoms with Gasteiger partial charge >= 0.3 is 0 Å². The Hall–Kier alpha value is -2.60. The van der Waals surface area contributed by atoms with Gasteiger partial charge in [0.25, 0.3) is 5.91 Å². The predicted octanol–water partition coefficient (Wildman–Crippen LogP) is 2.87. The zero-order chi connectivity index (χ0) is 20.6. The fourth-order valence-electron chi connectivity index (χ4n) is 5.16. The van der Waals surface area contributed by atoms with Crippen LogP contribution < -0.4 is 0 Å². The van der Waals surface area contributed by atoms with E-state index in [0.717, 1.165) is 65.1 Å². The van der Waals surface area contributed by atoms with E-state index in [1.165, 1.54) is 18.1 Å². The summed E-state index contributed by atoms with van der Waals surface area (Å²) in [4.78, 5) is 32.0. The van der Waals surface area contributed by atoms with Crippen molar-refractivity contribution in [2.45, 2.75) is 25.8 Å². The van der Waals surface area contributed by atoms with Crippen LogP contribution in [0.25, 0.3) is 0 Å². The number of furan rings is 1. The standard InChI is InChI=1S/C24H29N3O3/c28-22(20-6-15-30-18-20)26-9-7-24(8-10-26)16-21(24)23(29)27-13-11-25(12-14-27)17-19-4-2-1-3-5-19/h1-6,15,18,21H,7-14,16-17H2/t21-/m1/s1. The lowest BCUT2D eigenvalue weighted by atomic mass is 9.90. The van der Waals surface area contributed by atoms with E-state index in [1.807, 2.05) is 11.0 Å². The van der Waals surface area contributed by atoms with Crippen LogP contribution in [0.5, 0.6) is 0 Å². The molecule has 0 bridgehead atoms. The molecule has 1 aliphatic carbocycles. The van der Waals surface area contributed by atoms with Crippen molar-refractivity contribution in [3.8, 4) is 0 Å². The number of rotatable bonds is 4. The van der Waals surface area contributed by atoms with E-state index < -0.39 is 0 Å². The zero-order valence-electron chi connectivity index (χ0n) is 17.3. The highest BCUT2D eigenvalue weighted by Crippen LogP contribution is 2.60. The Labute approximate surface area is 177 Å². The Morgan fingerprint density at radius 3 is 2.33 bits per heavy atom. The number of carbonyl (C=O) groups is 2. The lowest BCUT2D eigenvalue weighted by Gasteiger charge is -2.36. The van der Waals surface area contributed by atoms with Crippen molar-refractivity contribution < 1.29 is 14.0 Å². The molecule has 30 heavy (non-hydrogen) atoms. The summed E-state index contributed by atoms with van der Waals surface area (Å²) in [5.41, 5.74) is 2.07. The fourth-order valence-corrected chi connectivity index (χ4v) is 5.16. The van der Waals surface area contributed by atoms with Gasteiger partial charge in [0.1, 0.15) is 6.26 Å². The number of likely N-dealkylation sites (tertiary alicyclic amines) is 1. The number of hydrogen-bond donors (Lipinski definition) is 0. The Balaban J connectivity index is 1.10. The highest BCUT2D eigenvalue weighted by atomic mass is 16.3. The SMILES string of the molecule is O=C(c1ccoc1)N1CCC2(CC1)C[C@@H]2C(=O)N1CCN(Cc2ccccc2)CC1. The number of benzene rings is 1. The lowest BCUT2D eigenvalue weighted by molar-refractivity contribution is -0.135. The van der Waals surface area contributed by atoms with Crippen LogP contribution in [0.4, 0.5) is 0 Å². The second-order valence-electron chi connectivity index (χ2n) is 9.01. The van der Waals surface area contributed by atoms with E-state index in [9.17, 15) is 9.59 Å². The van der Waals surface area contributed by atoms with Crippen molar-refractivity contribution in [2.24, 2.45) is 11.3 Å². The van der Waals surface area contributed by atoms with Gasteiger partial charge in [-0.3, -0.25) is 14.5 Å². The Kier molecular flexibility index (Phi) is 5.11. The average molecular weight is 408 g/mol. The van der Waals surface area contributed by atoms with Crippen molar-refractivity contribution in [1.82, 2.24) is 14.7 Å². The second kappa shape index (κ2) is 7.91. The molecule has 158 valence electrons. The molecule has 1 aromatic carbocycles. The smallest absolute Gasteiger partial charge is 0.257 e. The first kappa shape index (κ1) is 19.4. The quantitative estimate of drug-likeness (QED) is 0.782. The summed E-state index contributed by atoms with van der Waals surface area (Å²) < 4.78 is 5.04. The van der Waals surface area contributed by atoms with Crippen LogP contribution in [0.3, 0.4) is 0 Å². The van der Waals surface area contributed by atoms with Gasteiger partial charge in [-0.25, -0.2) is 0 Å². The molecule has 3 aliphatic rings. The minimum atomic E-state index is 0.0386. The van der Waals surface area contributed by atoms with Gasteiger partial charge in [0.15, 0.2) is 0 Å². The molecule has 6 heteroatoms. The first-order valence-corrected chi connectivity index (χ1v) is 11.0. The molecule has 1 aromatic heterocycles. The van der Waals surface area contributed by atoms with Crippen molar-refractivity contribution in [2.75, 3.05) is 39.3 Å². The van der Waals surface area contributed by atoms with Gasteiger partial charge in [-0.05, 0) is 36.3 Å². The number of piperidine rings is 1. The summed E-state index contributed by atoms with van der Waals surface area (Å²) in [6, 6.07) is 12.2. The van der Waals surface area contributed by atoms with Crippen LogP contribution in [-0.4, -0.2) is 65.8 Å². The molecule has 3 fully saturated rings. The van der Waals surface area contributed by atoms with Crippen molar-refractivity contribution in [3.05, 3.63) is 60.1 Å². The third-order valence-corrected chi connectivity index (χ3v) is 7.24. The van der Waals surface area contributed by atoms with E-state index in [4.69, 9.17) is 4.42 Å². The maximum absolute atomic E-state index is 13.1. The molecule has 0 radical (unpaired) electrons. The maximum Gasteiger partial charge on any atom is 0.257 e. The molecule has 3 heterocycles. The van der Waals surface area contributed by atoms with Crippen LogP contribution >= 0.6 is 0 Å². The van der Waals surface area contributed by atoms with Gasteiger partial charge in [-0.2, -0.15) is 0 Å². The molecule has 2 amide bonds. The second-order valence-corrected chi connectivity index (χ2v) is 9.01. The summed E-state index contributed by atoms with van der Waals surface area (Å²) in [6.07, 6.45) is 5.90. The number of piperazine rings is 1. The van der Waals surface area contributed by atoms with Crippen molar-refractivity contribution in [1.29, 1.82) is 0 Å². The van der Waals surface area contributed by atoms with Gasteiger partial charge in [0.05, 0.1) is 11.8 Å². The highest BCUT2D eigenvalue weighted by molar-refractivity contribution is 5.94. The summed E-state index contributed by atoms with van der Waals surface area (Å²) in [7, 11) is 0. The molecule has 6 nitrogen and oxygen atoms in total. The summed E-state index contributed by atoms with van der Waals surface area (Å²) in [5.74, 6) is 0.532. The number of nitrogens with zero attached hydrogens (tertiary/aromatic N) is 3. The zero-order valence-corrected chi connectivity index (χ0v) is 17.3. The average Bonchev–Trinajstić information content (AvgIpc) is 3.21. The van der Waals surface area contributed by atoms with Gasteiger partial charge in [-0.1, -0.05) is 30.3 Å². The molecule has 1 atom stereocenters. The molecular formula is C24H29N3O3. The number of amides is 2. The Morgan fingerprint density at radius 1 is 0.933 bits per heavy atom. The molecule has 1 saturated carbocycles. The minimum Gasteiger partial charge on any atom is -0.472 e. The summed E-state index contributed by atoms with van der Waals surface area (Å²) in [6.45, 7) is 5.95. The predicted molar refractivity (Wildman–Crippen MR) is 113 cm³/mol. The van der Waals surface area contributed by atoms with E-state index in [0.29, 0.717) is 11.5 Å². The Morgan fingerprint density at radius 2 is 1.67 bits per heavy atom. The van der Waals surface area contributed by atoms with Gasteiger partial charge in [0.2, 0.25) is 5.91 Å². The van der Waals surface area contributed by atoms with Crippen LogP contribution in [0.1, 0.15) is 35.2 Å². The molecule has 2 aromatic rings. The van der Waals surface area contributed by atoms with E-state index in [-0.39, 0.29) is 17.2 Å². The third-order valence-electron chi connectivity index (χ3n) is 7.24. The molecule has 0 unspecified atom stereocenters. The van der Waals surface area contributed by atoms with Crippen molar-refractivity contribution >= 4 is 11.8 Å². The van der Waals surface area contributed by atoms with E-state index >= 15 is 0 Å². The van der Waals surface area contributed by atoms with E-state index in [1.54, 1.807) is 6.07 Å². The highest BCUT2D eigenvalue weighted by Gasteiger charge is 2.59. The molecule has 5 rings (SSSR count). The number of hydrogen-bond acceptors (Lipinski definition) is 4. The van der Waals surface area contributed by atoms with Crippen LogP contribution in [0.15, 0.2) is 53.3 Å². The normalized spacial score (nSPS) is 23.5.